The smallest absolute Gasteiger partial charge is 0.237 e. The summed E-state index contributed by atoms with van der Waals surface area (Å²) in [7, 11) is 1.68. The summed E-state index contributed by atoms with van der Waals surface area (Å²) in [6.45, 7) is 5.75. The van der Waals surface area contributed by atoms with Crippen molar-refractivity contribution in [3.05, 3.63) is 59.7 Å². The summed E-state index contributed by atoms with van der Waals surface area (Å²) in [5.74, 6) is 0.687. The summed E-state index contributed by atoms with van der Waals surface area (Å²) in [5.41, 5.74) is 1.96. The number of halogens is 1. The maximum atomic E-state index is 13.3. The Hall–Kier alpha value is -2.51. The van der Waals surface area contributed by atoms with E-state index >= 15 is 0 Å². The van der Waals surface area contributed by atoms with E-state index in [9.17, 15) is 9.18 Å². The number of pyridine rings is 1. The van der Waals surface area contributed by atoms with Crippen molar-refractivity contribution in [1.29, 1.82) is 0 Å². The van der Waals surface area contributed by atoms with E-state index in [0.29, 0.717) is 13.0 Å². The van der Waals surface area contributed by atoms with Crippen molar-refractivity contribution in [2.24, 2.45) is 0 Å². The number of aromatic nitrogens is 1. The highest BCUT2D eigenvalue weighted by Crippen LogP contribution is 2.32. The zero-order valence-corrected chi connectivity index (χ0v) is 17.8. The van der Waals surface area contributed by atoms with Crippen molar-refractivity contribution in [2.45, 2.75) is 38.6 Å². The lowest BCUT2D eigenvalue weighted by molar-refractivity contribution is -0.152. The van der Waals surface area contributed by atoms with E-state index in [1.165, 1.54) is 12.3 Å². The van der Waals surface area contributed by atoms with E-state index < -0.39 is 5.95 Å². The number of nitrogens with zero attached hydrogens (tertiary/aromatic N) is 3. The molecule has 2 aromatic rings. The van der Waals surface area contributed by atoms with Crippen molar-refractivity contribution in [2.75, 3.05) is 33.3 Å². The minimum Gasteiger partial charge on any atom is -0.496 e. The van der Waals surface area contributed by atoms with Crippen LogP contribution >= 0.6 is 0 Å². The predicted octanol–water partition coefficient (Wildman–Crippen LogP) is 3.35. The molecule has 1 amide bonds. The second kappa shape index (κ2) is 11.0. The molecule has 7 heteroatoms. The van der Waals surface area contributed by atoms with Gasteiger partial charge in [0.15, 0.2) is 0 Å². The van der Waals surface area contributed by atoms with Gasteiger partial charge in [0.05, 0.1) is 13.7 Å². The number of hydrogen-bond acceptors (Lipinski definition) is 5. The standard InChI is InChI=1S/C23H31FN4O2/c1-3-19(20-6-4-5-7-21(20)30-2)9-11-23(29)28(27-14-12-25-13-15-27)17-18-8-10-22(24)26-16-18/h4-8,10,16,19,25H,3,9,11-15,17H2,1-2H3. The minimum atomic E-state index is -0.513. The van der Waals surface area contributed by atoms with Gasteiger partial charge in [-0.2, -0.15) is 4.39 Å². The largest absolute Gasteiger partial charge is 0.496 e. The number of carbonyl (C=O) groups is 1. The van der Waals surface area contributed by atoms with E-state index in [2.05, 4.69) is 28.3 Å². The quantitative estimate of drug-likeness (QED) is 0.638. The first kappa shape index (κ1) is 22.2. The monoisotopic (exact) mass is 414 g/mol. The molecule has 0 radical (unpaired) electrons. The van der Waals surface area contributed by atoms with Crippen LogP contribution in [0.4, 0.5) is 4.39 Å². The van der Waals surface area contributed by atoms with Crippen LogP contribution in [0.5, 0.6) is 5.75 Å². The molecule has 1 atom stereocenters. The third-order valence-corrected chi connectivity index (χ3v) is 5.62. The number of rotatable bonds is 9. The molecule has 3 rings (SSSR count). The van der Waals surface area contributed by atoms with E-state index in [0.717, 1.165) is 55.9 Å². The van der Waals surface area contributed by atoms with Crippen molar-refractivity contribution < 1.29 is 13.9 Å². The molecule has 0 bridgehead atoms. The summed E-state index contributed by atoms with van der Waals surface area (Å²) in [6.07, 6.45) is 3.62. The van der Waals surface area contributed by atoms with Crippen molar-refractivity contribution in [3.8, 4) is 5.75 Å². The van der Waals surface area contributed by atoms with Gasteiger partial charge < -0.3 is 10.1 Å². The molecule has 30 heavy (non-hydrogen) atoms. The Morgan fingerprint density at radius 1 is 1.27 bits per heavy atom. The second-order valence-electron chi connectivity index (χ2n) is 7.53. The SMILES string of the molecule is CCC(CCC(=O)N(Cc1ccc(F)nc1)N1CCNCC1)c1ccccc1OC. The Labute approximate surface area is 178 Å². The van der Waals surface area contributed by atoms with Gasteiger partial charge in [-0.3, -0.25) is 9.80 Å². The summed E-state index contributed by atoms with van der Waals surface area (Å²) >= 11 is 0. The van der Waals surface area contributed by atoms with Crippen LogP contribution in [-0.4, -0.2) is 54.2 Å². The maximum Gasteiger partial charge on any atom is 0.237 e. The number of hydrazine groups is 1. The Bertz CT molecular complexity index is 809. The number of hydrogen-bond donors (Lipinski definition) is 1. The Morgan fingerprint density at radius 2 is 2.03 bits per heavy atom. The van der Waals surface area contributed by atoms with Gasteiger partial charge in [0, 0.05) is 38.8 Å². The number of piperazine rings is 1. The Morgan fingerprint density at radius 3 is 2.70 bits per heavy atom. The van der Waals surface area contributed by atoms with Gasteiger partial charge in [0.25, 0.3) is 0 Å². The molecule has 1 N–H and O–H groups in total. The lowest BCUT2D eigenvalue weighted by Crippen LogP contribution is -2.54. The van der Waals surface area contributed by atoms with Crippen LogP contribution in [0.2, 0.25) is 0 Å². The fourth-order valence-electron chi connectivity index (χ4n) is 3.92. The summed E-state index contributed by atoms with van der Waals surface area (Å²) < 4.78 is 18.7. The molecule has 0 spiro atoms. The molecule has 1 fully saturated rings. The molecule has 2 heterocycles. The molecule has 0 saturated carbocycles. The molecule has 6 nitrogen and oxygen atoms in total. The number of amides is 1. The number of nitrogens with one attached hydrogen (secondary N) is 1. The van der Waals surface area contributed by atoms with Gasteiger partial charge in [-0.15, -0.1) is 0 Å². The van der Waals surface area contributed by atoms with Crippen LogP contribution in [0.25, 0.3) is 0 Å². The minimum absolute atomic E-state index is 0.0783. The predicted molar refractivity (Wildman–Crippen MR) is 114 cm³/mol. The molecular formula is C23H31FN4O2. The first-order chi connectivity index (χ1) is 14.6. The van der Waals surface area contributed by atoms with Gasteiger partial charge in [0.2, 0.25) is 11.9 Å². The van der Waals surface area contributed by atoms with Gasteiger partial charge in [-0.05, 0) is 42.0 Å². The Balaban J connectivity index is 1.70. The molecule has 162 valence electrons. The first-order valence-electron chi connectivity index (χ1n) is 10.6. The molecule has 0 aliphatic carbocycles. The van der Waals surface area contributed by atoms with E-state index in [-0.39, 0.29) is 11.8 Å². The number of methoxy groups -OCH3 is 1. The normalized spacial score (nSPS) is 15.6. The van der Waals surface area contributed by atoms with Gasteiger partial charge in [-0.25, -0.2) is 9.99 Å². The molecule has 1 aliphatic rings. The van der Waals surface area contributed by atoms with Crippen LogP contribution in [0.1, 0.15) is 43.2 Å². The average Bonchev–Trinajstić information content (AvgIpc) is 2.79. The summed E-state index contributed by atoms with van der Waals surface area (Å²) in [4.78, 5) is 17.0. The third kappa shape index (κ3) is 5.77. The van der Waals surface area contributed by atoms with E-state index in [1.54, 1.807) is 13.2 Å². The highest BCUT2D eigenvalue weighted by atomic mass is 19.1. The number of carbonyl (C=O) groups excluding carboxylic acids is 1. The maximum absolute atomic E-state index is 13.3. The highest BCUT2D eigenvalue weighted by molar-refractivity contribution is 5.75. The molecule has 1 saturated heterocycles. The summed E-state index contributed by atoms with van der Waals surface area (Å²) in [6, 6.07) is 11.0. The lowest BCUT2D eigenvalue weighted by Gasteiger charge is -2.38. The van der Waals surface area contributed by atoms with Crippen molar-refractivity contribution in [3.63, 3.8) is 0 Å². The van der Waals surface area contributed by atoms with Crippen LogP contribution in [0, 0.1) is 5.95 Å². The fraction of sp³-hybridized carbons (Fsp3) is 0.478. The van der Waals surface area contributed by atoms with Crippen molar-refractivity contribution in [1.82, 2.24) is 20.3 Å². The molecule has 1 unspecified atom stereocenters. The Kier molecular flexibility index (Phi) is 8.16. The van der Waals surface area contributed by atoms with E-state index in [4.69, 9.17) is 4.74 Å². The molecule has 1 aromatic carbocycles. The van der Waals surface area contributed by atoms with E-state index in [1.807, 2.05) is 23.2 Å². The van der Waals surface area contributed by atoms with Crippen LogP contribution in [0.3, 0.4) is 0 Å². The second-order valence-corrected chi connectivity index (χ2v) is 7.53. The van der Waals surface area contributed by atoms with Gasteiger partial charge in [-0.1, -0.05) is 31.2 Å². The molecular weight excluding hydrogens is 383 g/mol. The molecule has 1 aliphatic heterocycles. The van der Waals surface area contributed by atoms with Gasteiger partial charge in [0.1, 0.15) is 5.75 Å². The lowest BCUT2D eigenvalue weighted by atomic mass is 9.91. The first-order valence-corrected chi connectivity index (χ1v) is 10.6. The fourth-order valence-corrected chi connectivity index (χ4v) is 3.92. The zero-order chi connectivity index (χ0) is 21.3. The number of benzene rings is 1. The van der Waals surface area contributed by atoms with Crippen LogP contribution in [0.15, 0.2) is 42.6 Å². The number of ether oxygens (including phenoxy) is 1. The van der Waals surface area contributed by atoms with Crippen LogP contribution in [-0.2, 0) is 11.3 Å². The zero-order valence-electron chi connectivity index (χ0n) is 17.8. The third-order valence-electron chi connectivity index (χ3n) is 5.62. The highest BCUT2D eigenvalue weighted by Gasteiger charge is 2.25. The topological polar surface area (TPSA) is 57.7 Å². The van der Waals surface area contributed by atoms with Crippen LogP contribution < -0.4 is 10.1 Å². The molecule has 1 aromatic heterocycles. The van der Waals surface area contributed by atoms with Gasteiger partial charge >= 0.3 is 0 Å². The average molecular weight is 415 g/mol. The van der Waals surface area contributed by atoms with Crippen molar-refractivity contribution >= 4 is 5.91 Å². The number of para-hydroxylation sites is 1. The summed E-state index contributed by atoms with van der Waals surface area (Å²) in [5, 5.41) is 7.22.